The summed E-state index contributed by atoms with van der Waals surface area (Å²) in [5.41, 5.74) is 0.713. The average molecular weight is 310 g/mol. The number of carbonyl (C=O) groups excluding carboxylic acids is 1. The highest BCUT2D eigenvalue weighted by Crippen LogP contribution is 2.16. The highest BCUT2D eigenvalue weighted by atomic mass is 35.5. The molecule has 0 bridgehead atoms. The number of hydrogen-bond donors (Lipinski definition) is 2. The van der Waals surface area contributed by atoms with Crippen LogP contribution in [0.4, 0.5) is 10.5 Å². The number of rotatable bonds is 5. The van der Waals surface area contributed by atoms with E-state index in [0.717, 1.165) is 13.0 Å². The van der Waals surface area contributed by atoms with Gasteiger partial charge in [-0.3, -0.25) is 0 Å². The van der Waals surface area contributed by atoms with Crippen molar-refractivity contribution in [1.82, 2.24) is 10.2 Å². The highest BCUT2D eigenvalue weighted by molar-refractivity contribution is 6.30. The Bertz CT molecular complexity index is 467. The lowest BCUT2D eigenvalue weighted by Crippen LogP contribution is -2.39. The summed E-state index contributed by atoms with van der Waals surface area (Å²) in [4.78, 5) is 14.3. The molecule has 0 aliphatic carbocycles. The van der Waals surface area contributed by atoms with E-state index in [4.69, 9.17) is 11.6 Å². The maximum Gasteiger partial charge on any atom is 0.319 e. The van der Waals surface area contributed by atoms with Gasteiger partial charge in [-0.05, 0) is 50.9 Å². The lowest BCUT2D eigenvalue weighted by atomic mass is 10.0. The maximum atomic E-state index is 11.8. The van der Waals surface area contributed by atoms with E-state index in [1.165, 1.54) is 25.8 Å². The van der Waals surface area contributed by atoms with Crippen molar-refractivity contribution < 1.29 is 4.79 Å². The van der Waals surface area contributed by atoms with Crippen LogP contribution in [0.15, 0.2) is 24.3 Å². The van der Waals surface area contributed by atoms with E-state index in [1.54, 1.807) is 12.1 Å². The van der Waals surface area contributed by atoms with Crippen LogP contribution in [0, 0.1) is 0 Å². The molecule has 1 atom stereocenters. The standard InChI is InChI=1S/C16H24ClN3O/c1-13-6-2-3-10-20(13)11-5-9-18-16(21)19-15-8-4-7-14(17)12-15/h4,7-8,12-13H,2-3,5-6,9-11H2,1H3,(H2,18,19,21)/t13-/m0/s1. The van der Waals surface area contributed by atoms with Crippen LogP contribution in [0.1, 0.15) is 32.6 Å². The molecule has 2 amide bonds. The predicted octanol–water partition coefficient (Wildman–Crippen LogP) is 3.73. The van der Waals surface area contributed by atoms with Gasteiger partial charge in [0.1, 0.15) is 0 Å². The number of likely N-dealkylation sites (tertiary alicyclic amines) is 1. The molecule has 116 valence electrons. The van der Waals surface area contributed by atoms with Gasteiger partial charge < -0.3 is 15.5 Å². The zero-order chi connectivity index (χ0) is 15.1. The molecule has 1 aromatic rings. The van der Waals surface area contributed by atoms with Gasteiger partial charge in [-0.2, -0.15) is 0 Å². The normalized spacial score (nSPS) is 19.2. The Morgan fingerprint density at radius 3 is 3.05 bits per heavy atom. The summed E-state index contributed by atoms with van der Waals surface area (Å²) in [6, 6.07) is 7.65. The molecule has 0 saturated carbocycles. The van der Waals surface area contributed by atoms with Gasteiger partial charge in [0.15, 0.2) is 0 Å². The van der Waals surface area contributed by atoms with E-state index < -0.39 is 0 Å². The molecule has 0 radical (unpaired) electrons. The van der Waals surface area contributed by atoms with Gasteiger partial charge in [0.25, 0.3) is 0 Å². The molecule has 21 heavy (non-hydrogen) atoms. The van der Waals surface area contributed by atoms with Crippen LogP contribution in [0.2, 0.25) is 5.02 Å². The largest absolute Gasteiger partial charge is 0.338 e. The summed E-state index contributed by atoms with van der Waals surface area (Å²) in [6.07, 6.45) is 4.92. The molecule has 2 rings (SSSR count). The molecular weight excluding hydrogens is 286 g/mol. The van der Waals surface area contributed by atoms with Gasteiger partial charge in [-0.25, -0.2) is 4.79 Å². The van der Waals surface area contributed by atoms with E-state index in [2.05, 4.69) is 22.5 Å². The Balaban J connectivity index is 1.63. The molecule has 1 aliphatic heterocycles. The minimum Gasteiger partial charge on any atom is -0.338 e. The fourth-order valence-corrected chi connectivity index (χ4v) is 2.91. The first-order valence-corrected chi connectivity index (χ1v) is 8.07. The monoisotopic (exact) mass is 309 g/mol. The first kappa shape index (κ1) is 16.1. The van der Waals surface area contributed by atoms with E-state index in [9.17, 15) is 4.79 Å². The summed E-state index contributed by atoms with van der Waals surface area (Å²) in [6.45, 7) is 5.22. The molecule has 1 aromatic carbocycles. The molecule has 0 spiro atoms. The van der Waals surface area contributed by atoms with Crippen LogP contribution in [-0.2, 0) is 0 Å². The molecule has 1 aliphatic rings. The molecule has 4 nitrogen and oxygen atoms in total. The summed E-state index contributed by atoms with van der Waals surface area (Å²) >= 11 is 5.88. The van der Waals surface area contributed by atoms with Crippen molar-refractivity contribution in [1.29, 1.82) is 0 Å². The van der Waals surface area contributed by atoms with Crippen molar-refractivity contribution in [2.75, 3.05) is 25.0 Å². The zero-order valence-electron chi connectivity index (χ0n) is 12.6. The molecule has 0 unspecified atom stereocenters. The third-order valence-electron chi connectivity index (χ3n) is 3.93. The minimum absolute atomic E-state index is 0.177. The Morgan fingerprint density at radius 1 is 1.43 bits per heavy atom. The molecule has 1 heterocycles. The van der Waals surface area contributed by atoms with Gasteiger partial charge >= 0.3 is 6.03 Å². The summed E-state index contributed by atoms with van der Waals surface area (Å²) in [7, 11) is 0. The third-order valence-corrected chi connectivity index (χ3v) is 4.17. The molecule has 0 aromatic heterocycles. The average Bonchev–Trinajstić information content (AvgIpc) is 2.45. The predicted molar refractivity (Wildman–Crippen MR) is 88.0 cm³/mol. The maximum absolute atomic E-state index is 11.8. The van der Waals surface area contributed by atoms with E-state index in [0.29, 0.717) is 23.3 Å². The van der Waals surface area contributed by atoms with Crippen LogP contribution in [0.5, 0.6) is 0 Å². The first-order valence-electron chi connectivity index (χ1n) is 7.69. The lowest BCUT2D eigenvalue weighted by molar-refractivity contribution is 0.159. The van der Waals surface area contributed by atoms with Crippen molar-refractivity contribution in [3.05, 3.63) is 29.3 Å². The molecule has 1 saturated heterocycles. The number of nitrogens with one attached hydrogen (secondary N) is 2. The second-order valence-electron chi connectivity index (χ2n) is 5.63. The van der Waals surface area contributed by atoms with Crippen molar-refractivity contribution in [3.8, 4) is 0 Å². The Morgan fingerprint density at radius 2 is 2.29 bits per heavy atom. The fraction of sp³-hybridized carbons (Fsp3) is 0.562. The van der Waals surface area contributed by atoms with Crippen LogP contribution >= 0.6 is 11.6 Å². The highest BCUT2D eigenvalue weighted by Gasteiger charge is 2.17. The van der Waals surface area contributed by atoms with E-state index in [-0.39, 0.29) is 6.03 Å². The molecule has 2 N–H and O–H groups in total. The van der Waals surface area contributed by atoms with Crippen molar-refractivity contribution in [3.63, 3.8) is 0 Å². The molecular formula is C16H24ClN3O. The fourth-order valence-electron chi connectivity index (χ4n) is 2.72. The second-order valence-corrected chi connectivity index (χ2v) is 6.06. The summed E-state index contributed by atoms with van der Waals surface area (Å²) < 4.78 is 0. The number of hydrogen-bond acceptors (Lipinski definition) is 2. The molecule has 1 fully saturated rings. The quantitative estimate of drug-likeness (QED) is 0.814. The number of anilines is 1. The zero-order valence-corrected chi connectivity index (χ0v) is 13.3. The van der Waals surface area contributed by atoms with Gasteiger partial charge in [0.05, 0.1) is 0 Å². The van der Waals surface area contributed by atoms with E-state index >= 15 is 0 Å². The van der Waals surface area contributed by atoms with E-state index in [1.807, 2.05) is 12.1 Å². The number of amides is 2. The summed E-state index contributed by atoms with van der Waals surface area (Å²) in [5.74, 6) is 0. The molecule has 5 heteroatoms. The van der Waals surface area contributed by atoms with Gasteiger partial charge in [0, 0.05) is 29.8 Å². The second kappa shape index (κ2) is 8.25. The Labute approximate surface area is 131 Å². The SMILES string of the molecule is C[C@H]1CCCCN1CCCNC(=O)Nc1cccc(Cl)c1. The smallest absolute Gasteiger partial charge is 0.319 e. The van der Waals surface area contributed by atoms with Crippen molar-refractivity contribution in [2.45, 2.75) is 38.6 Å². The first-order chi connectivity index (χ1) is 10.1. The number of carbonyl (C=O) groups is 1. The van der Waals surface area contributed by atoms with Crippen LogP contribution < -0.4 is 10.6 Å². The number of benzene rings is 1. The lowest BCUT2D eigenvalue weighted by Gasteiger charge is -2.33. The van der Waals surface area contributed by atoms with Gasteiger partial charge in [0.2, 0.25) is 0 Å². The summed E-state index contributed by atoms with van der Waals surface area (Å²) in [5, 5.41) is 6.28. The number of piperidine rings is 1. The van der Waals surface area contributed by atoms with Crippen LogP contribution in [0.3, 0.4) is 0 Å². The van der Waals surface area contributed by atoms with Crippen LogP contribution in [-0.4, -0.2) is 36.6 Å². The third kappa shape index (κ3) is 5.56. The number of halogens is 1. The topological polar surface area (TPSA) is 44.4 Å². The minimum atomic E-state index is -0.177. The number of urea groups is 1. The van der Waals surface area contributed by atoms with Gasteiger partial charge in [-0.1, -0.05) is 24.1 Å². The Hall–Kier alpha value is -1.26. The van der Waals surface area contributed by atoms with Gasteiger partial charge in [-0.15, -0.1) is 0 Å². The van der Waals surface area contributed by atoms with Crippen LogP contribution in [0.25, 0.3) is 0 Å². The van der Waals surface area contributed by atoms with Crippen molar-refractivity contribution >= 4 is 23.3 Å². The van der Waals surface area contributed by atoms with Crippen molar-refractivity contribution in [2.24, 2.45) is 0 Å². The number of nitrogens with zero attached hydrogens (tertiary/aromatic N) is 1. The Kier molecular flexibility index (Phi) is 6.33.